The maximum Gasteiger partial charge on any atom is 0.161 e. The number of nitrogens with one attached hydrogen (secondary N) is 1. The lowest BCUT2D eigenvalue weighted by Crippen LogP contribution is -2.35. The summed E-state index contributed by atoms with van der Waals surface area (Å²) in [5.41, 5.74) is 0. The first-order valence-electron chi connectivity index (χ1n) is 6.09. The lowest BCUT2D eigenvalue weighted by molar-refractivity contribution is 0.289. The van der Waals surface area contributed by atoms with E-state index in [1.54, 1.807) is 7.11 Å². The van der Waals surface area contributed by atoms with Gasteiger partial charge in [0.25, 0.3) is 0 Å². The number of rotatable bonds is 8. The molecule has 1 unspecified atom stereocenters. The van der Waals surface area contributed by atoms with E-state index in [0.29, 0.717) is 24.7 Å². The summed E-state index contributed by atoms with van der Waals surface area (Å²) in [5, 5.41) is 3.10. The van der Waals surface area contributed by atoms with Crippen LogP contribution in [0.2, 0.25) is 0 Å². The molecule has 108 valence electrons. The van der Waals surface area contributed by atoms with Crippen molar-refractivity contribution in [3.8, 4) is 11.5 Å². The van der Waals surface area contributed by atoms with E-state index in [1.165, 1.54) is 6.26 Å². The highest BCUT2D eigenvalue weighted by Crippen LogP contribution is 2.25. The lowest BCUT2D eigenvalue weighted by Gasteiger charge is -2.14. The van der Waals surface area contributed by atoms with E-state index >= 15 is 0 Å². The highest BCUT2D eigenvalue weighted by Gasteiger charge is 2.09. The van der Waals surface area contributed by atoms with Crippen molar-refractivity contribution in [3.63, 3.8) is 0 Å². The number of ether oxygens (including phenoxy) is 2. The fourth-order valence-electron chi connectivity index (χ4n) is 1.72. The lowest BCUT2D eigenvalue weighted by atomic mass is 10.3. The third-order valence-electron chi connectivity index (χ3n) is 2.47. The minimum absolute atomic E-state index is 0.0868. The normalized spacial score (nSPS) is 13.0. The number of para-hydroxylation sites is 2. The number of sulfone groups is 1. The Bertz CT molecular complexity index is 487. The van der Waals surface area contributed by atoms with Gasteiger partial charge in [-0.15, -0.1) is 0 Å². The Morgan fingerprint density at radius 1 is 1.26 bits per heavy atom. The topological polar surface area (TPSA) is 64.6 Å². The highest BCUT2D eigenvalue weighted by atomic mass is 32.2. The second kappa shape index (κ2) is 7.35. The molecule has 0 saturated carbocycles. The third-order valence-corrected chi connectivity index (χ3v) is 3.58. The molecule has 0 aliphatic rings. The first-order chi connectivity index (χ1) is 8.92. The first kappa shape index (κ1) is 15.8. The summed E-state index contributed by atoms with van der Waals surface area (Å²) in [6, 6.07) is 7.32. The molecule has 0 bridgehead atoms. The molecule has 1 aromatic carbocycles. The standard InChI is InChI=1S/C13H21NO4S/c1-11(10-19(3,15)16)14-8-9-18-13-7-5-4-6-12(13)17-2/h4-7,11,14H,8-10H2,1-3H3. The minimum Gasteiger partial charge on any atom is -0.493 e. The van der Waals surface area contributed by atoms with E-state index in [9.17, 15) is 8.42 Å². The summed E-state index contributed by atoms with van der Waals surface area (Å²) in [4.78, 5) is 0. The Hall–Kier alpha value is -1.27. The molecule has 0 radical (unpaired) electrons. The van der Waals surface area contributed by atoms with E-state index in [1.807, 2.05) is 31.2 Å². The van der Waals surface area contributed by atoms with Crippen LogP contribution in [0.3, 0.4) is 0 Å². The summed E-state index contributed by atoms with van der Waals surface area (Å²) >= 11 is 0. The molecule has 0 aromatic heterocycles. The van der Waals surface area contributed by atoms with E-state index in [-0.39, 0.29) is 11.8 Å². The molecule has 0 saturated heterocycles. The van der Waals surface area contributed by atoms with Gasteiger partial charge in [0.15, 0.2) is 11.5 Å². The maximum absolute atomic E-state index is 11.1. The molecule has 1 N–H and O–H groups in total. The monoisotopic (exact) mass is 287 g/mol. The average Bonchev–Trinajstić information content (AvgIpc) is 2.33. The SMILES string of the molecule is COc1ccccc1OCCNC(C)CS(C)(=O)=O. The van der Waals surface area contributed by atoms with Gasteiger partial charge in [0, 0.05) is 18.8 Å². The Labute approximate surface area is 114 Å². The van der Waals surface area contributed by atoms with Gasteiger partial charge in [-0.1, -0.05) is 12.1 Å². The number of hydrogen-bond donors (Lipinski definition) is 1. The Kier molecular flexibility index (Phi) is 6.11. The predicted molar refractivity (Wildman–Crippen MR) is 75.7 cm³/mol. The molecule has 19 heavy (non-hydrogen) atoms. The summed E-state index contributed by atoms with van der Waals surface area (Å²) in [7, 11) is -1.35. The van der Waals surface area contributed by atoms with E-state index < -0.39 is 9.84 Å². The van der Waals surface area contributed by atoms with Gasteiger partial charge in [0.2, 0.25) is 0 Å². The average molecular weight is 287 g/mol. The van der Waals surface area contributed by atoms with Crippen LogP contribution in [0.5, 0.6) is 11.5 Å². The minimum atomic E-state index is -2.95. The van der Waals surface area contributed by atoms with Crippen LogP contribution in [0.15, 0.2) is 24.3 Å². The van der Waals surface area contributed by atoms with Gasteiger partial charge in [-0.2, -0.15) is 0 Å². The molecular formula is C13H21NO4S. The molecule has 0 aliphatic heterocycles. The van der Waals surface area contributed by atoms with Crippen molar-refractivity contribution in [1.29, 1.82) is 0 Å². The molecule has 1 aromatic rings. The molecular weight excluding hydrogens is 266 g/mol. The summed E-state index contributed by atoms with van der Waals surface area (Å²) in [6.45, 7) is 2.87. The second-order valence-corrected chi connectivity index (χ2v) is 6.63. The van der Waals surface area contributed by atoms with Gasteiger partial charge in [0.1, 0.15) is 16.4 Å². The fourth-order valence-corrected chi connectivity index (χ4v) is 2.74. The molecule has 0 spiro atoms. The quantitative estimate of drug-likeness (QED) is 0.725. The van der Waals surface area contributed by atoms with E-state index in [4.69, 9.17) is 9.47 Å². The van der Waals surface area contributed by atoms with Crippen molar-refractivity contribution >= 4 is 9.84 Å². The van der Waals surface area contributed by atoms with Crippen LogP contribution in [0.25, 0.3) is 0 Å². The molecule has 0 fully saturated rings. The maximum atomic E-state index is 11.1. The van der Waals surface area contributed by atoms with Crippen molar-refractivity contribution in [2.45, 2.75) is 13.0 Å². The second-order valence-electron chi connectivity index (χ2n) is 4.45. The van der Waals surface area contributed by atoms with Gasteiger partial charge in [-0.05, 0) is 19.1 Å². The van der Waals surface area contributed by atoms with Crippen LogP contribution < -0.4 is 14.8 Å². The highest BCUT2D eigenvalue weighted by molar-refractivity contribution is 7.90. The molecule has 0 amide bonds. The number of benzene rings is 1. The van der Waals surface area contributed by atoms with Crippen LogP contribution in [0.1, 0.15) is 6.92 Å². The van der Waals surface area contributed by atoms with Crippen molar-refractivity contribution in [3.05, 3.63) is 24.3 Å². The summed E-state index contributed by atoms with van der Waals surface area (Å²) in [6.07, 6.45) is 1.23. The largest absolute Gasteiger partial charge is 0.493 e. The molecule has 1 rings (SSSR count). The third kappa shape index (κ3) is 6.45. The van der Waals surface area contributed by atoms with Gasteiger partial charge >= 0.3 is 0 Å². The van der Waals surface area contributed by atoms with Crippen molar-refractivity contribution in [2.75, 3.05) is 32.3 Å². The smallest absolute Gasteiger partial charge is 0.161 e. The van der Waals surface area contributed by atoms with Crippen LogP contribution in [-0.4, -0.2) is 46.7 Å². The van der Waals surface area contributed by atoms with Crippen LogP contribution in [0.4, 0.5) is 0 Å². The van der Waals surface area contributed by atoms with Gasteiger partial charge in [0.05, 0.1) is 12.9 Å². The molecule has 1 atom stereocenters. The summed E-state index contributed by atoms with van der Waals surface area (Å²) < 4.78 is 32.9. The number of methoxy groups -OCH3 is 1. The molecule has 5 nitrogen and oxygen atoms in total. The zero-order valence-corrected chi connectivity index (χ0v) is 12.4. The Morgan fingerprint density at radius 2 is 1.89 bits per heavy atom. The van der Waals surface area contributed by atoms with Gasteiger partial charge in [-0.3, -0.25) is 0 Å². The van der Waals surface area contributed by atoms with Crippen molar-refractivity contribution < 1.29 is 17.9 Å². The van der Waals surface area contributed by atoms with Gasteiger partial charge < -0.3 is 14.8 Å². The van der Waals surface area contributed by atoms with E-state index in [0.717, 1.165) is 0 Å². The van der Waals surface area contributed by atoms with E-state index in [2.05, 4.69) is 5.32 Å². The van der Waals surface area contributed by atoms with Crippen LogP contribution in [0, 0.1) is 0 Å². The Balaban J connectivity index is 2.31. The van der Waals surface area contributed by atoms with Crippen molar-refractivity contribution in [2.24, 2.45) is 0 Å². The molecule has 0 heterocycles. The summed E-state index contributed by atoms with van der Waals surface area (Å²) in [5.74, 6) is 1.50. The van der Waals surface area contributed by atoms with Crippen LogP contribution in [-0.2, 0) is 9.84 Å². The van der Waals surface area contributed by atoms with Gasteiger partial charge in [-0.25, -0.2) is 8.42 Å². The van der Waals surface area contributed by atoms with Crippen molar-refractivity contribution in [1.82, 2.24) is 5.32 Å². The predicted octanol–water partition coefficient (Wildman–Crippen LogP) is 1.10. The van der Waals surface area contributed by atoms with Crippen LogP contribution >= 0.6 is 0 Å². The number of hydrogen-bond acceptors (Lipinski definition) is 5. The zero-order valence-electron chi connectivity index (χ0n) is 11.5. The Morgan fingerprint density at radius 3 is 2.47 bits per heavy atom. The first-order valence-corrected chi connectivity index (χ1v) is 8.15. The fraction of sp³-hybridized carbons (Fsp3) is 0.538. The molecule has 6 heteroatoms. The zero-order chi connectivity index (χ0) is 14.3. The molecule has 0 aliphatic carbocycles.